The Bertz CT molecular complexity index is 389. The van der Waals surface area contributed by atoms with Crippen LogP contribution in [-0.2, 0) is 9.63 Å². The third-order valence-electron chi connectivity index (χ3n) is 4.76. The van der Waals surface area contributed by atoms with Gasteiger partial charge in [0.2, 0.25) is 5.60 Å². The molecule has 2 aliphatic rings. The zero-order valence-corrected chi connectivity index (χ0v) is 12.4. The van der Waals surface area contributed by atoms with Crippen molar-refractivity contribution in [2.45, 2.75) is 65.4 Å². The quantitative estimate of drug-likeness (QED) is 0.833. The Morgan fingerprint density at radius 3 is 2.32 bits per heavy atom. The lowest BCUT2D eigenvalue weighted by molar-refractivity contribution is -0.160. The van der Waals surface area contributed by atoms with Crippen molar-refractivity contribution in [2.75, 3.05) is 0 Å². The third-order valence-corrected chi connectivity index (χ3v) is 4.76. The van der Waals surface area contributed by atoms with Gasteiger partial charge in [0.1, 0.15) is 0 Å². The predicted octanol–water partition coefficient (Wildman–Crippen LogP) is 3.46. The second kappa shape index (κ2) is 4.80. The molecule has 1 N–H and O–H groups in total. The molecule has 0 radical (unpaired) electrons. The molecular weight excluding hydrogens is 242 g/mol. The minimum absolute atomic E-state index is 0.370. The number of hydrogen-bond donors (Lipinski definition) is 1. The Morgan fingerprint density at radius 1 is 1.32 bits per heavy atom. The molecule has 0 saturated heterocycles. The van der Waals surface area contributed by atoms with E-state index in [0.717, 1.165) is 24.5 Å². The molecule has 4 nitrogen and oxygen atoms in total. The molecule has 1 saturated carbocycles. The molecule has 1 fully saturated rings. The van der Waals surface area contributed by atoms with Gasteiger partial charge in [-0.05, 0) is 43.9 Å². The van der Waals surface area contributed by atoms with Crippen LogP contribution in [-0.4, -0.2) is 22.4 Å². The van der Waals surface area contributed by atoms with Gasteiger partial charge in [-0.1, -0.05) is 25.9 Å². The van der Waals surface area contributed by atoms with Crippen molar-refractivity contribution >= 4 is 11.7 Å². The molecule has 1 aliphatic heterocycles. The summed E-state index contributed by atoms with van der Waals surface area (Å²) >= 11 is 0. The summed E-state index contributed by atoms with van der Waals surface area (Å²) in [4.78, 5) is 16.3. The zero-order chi connectivity index (χ0) is 14.3. The Morgan fingerprint density at radius 2 is 1.89 bits per heavy atom. The average Bonchev–Trinajstić information content (AvgIpc) is 2.72. The van der Waals surface area contributed by atoms with Crippen molar-refractivity contribution < 1.29 is 14.7 Å². The van der Waals surface area contributed by atoms with Crippen LogP contribution in [0.5, 0.6) is 0 Å². The first kappa shape index (κ1) is 14.4. The first-order valence-corrected chi connectivity index (χ1v) is 7.21. The lowest BCUT2D eigenvalue weighted by atomic mass is 9.68. The Hall–Kier alpha value is -1.06. The van der Waals surface area contributed by atoms with Gasteiger partial charge in [-0.15, -0.1) is 0 Å². The van der Waals surface area contributed by atoms with Gasteiger partial charge in [-0.2, -0.15) is 0 Å². The van der Waals surface area contributed by atoms with Gasteiger partial charge in [0.25, 0.3) is 0 Å². The van der Waals surface area contributed by atoms with Crippen molar-refractivity contribution in [1.29, 1.82) is 0 Å². The number of carboxylic acid groups (broad SMARTS) is 1. The third kappa shape index (κ3) is 2.93. The highest BCUT2D eigenvalue weighted by Gasteiger charge is 2.44. The predicted molar refractivity (Wildman–Crippen MR) is 74.1 cm³/mol. The summed E-state index contributed by atoms with van der Waals surface area (Å²) in [5.74, 6) is 0.256. The van der Waals surface area contributed by atoms with Crippen LogP contribution in [0.1, 0.15) is 59.8 Å². The standard InChI is InChI=1S/C15H25NO3/c1-14(2,3)11-7-5-10(6-8-11)12-9-15(4,13(17)18)19-16-12/h10-11H,5-9H2,1-4H3,(H,17,18). The number of carbonyl (C=O) groups is 1. The van der Waals surface area contributed by atoms with E-state index in [4.69, 9.17) is 9.94 Å². The van der Waals surface area contributed by atoms with Crippen LogP contribution in [0, 0.1) is 17.3 Å². The molecule has 0 spiro atoms. The molecule has 0 aromatic rings. The van der Waals surface area contributed by atoms with Crippen LogP contribution in [0.2, 0.25) is 0 Å². The van der Waals surface area contributed by atoms with Crippen molar-refractivity contribution in [3.63, 3.8) is 0 Å². The molecule has 0 aromatic carbocycles. The molecule has 1 unspecified atom stereocenters. The minimum atomic E-state index is -1.14. The normalized spacial score (nSPS) is 35.7. The van der Waals surface area contributed by atoms with Gasteiger partial charge < -0.3 is 9.94 Å². The van der Waals surface area contributed by atoms with E-state index in [1.165, 1.54) is 12.8 Å². The van der Waals surface area contributed by atoms with E-state index in [1.54, 1.807) is 6.92 Å². The van der Waals surface area contributed by atoms with E-state index in [2.05, 4.69) is 25.9 Å². The molecule has 1 aliphatic carbocycles. The summed E-state index contributed by atoms with van der Waals surface area (Å²) in [7, 11) is 0. The van der Waals surface area contributed by atoms with Gasteiger partial charge in [0.15, 0.2) is 0 Å². The molecule has 2 rings (SSSR count). The second-order valence-electron chi connectivity index (χ2n) is 7.30. The number of carboxylic acids is 1. The van der Waals surface area contributed by atoms with Gasteiger partial charge in [0, 0.05) is 12.3 Å². The Labute approximate surface area is 115 Å². The smallest absolute Gasteiger partial charge is 0.351 e. The number of nitrogens with zero attached hydrogens (tertiary/aromatic N) is 1. The summed E-state index contributed by atoms with van der Waals surface area (Å²) in [5.41, 5.74) is 0.183. The fourth-order valence-corrected chi connectivity index (χ4v) is 3.20. The highest BCUT2D eigenvalue weighted by molar-refractivity contribution is 5.94. The van der Waals surface area contributed by atoms with Crippen LogP contribution in [0.3, 0.4) is 0 Å². The molecular formula is C15H25NO3. The Balaban J connectivity index is 1.92. The minimum Gasteiger partial charge on any atom is -0.478 e. The summed E-state index contributed by atoms with van der Waals surface area (Å²) in [6, 6.07) is 0. The average molecular weight is 267 g/mol. The molecule has 0 amide bonds. The molecule has 19 heavy (non-hydrogen) atoms. The van der Waals surface area contributed by atoms with Crippen molar-refractivity contribution in [3.05, 3.63) is 0 Å². The van der Waals surface area contributed by atoms with Crippen molar-refractivity contribution in [2.24, 2.45) is 22.4 Å². The number of aliphatic carboxylic acids is 1. The summed E-state index contributed by atoms with van der Waals surface area (Å²) in [5, 5.41) is 13.2. The van der Waals surface area contributed by atoms with Gasteiger partial charge in [0.05, 0.1) is 5.71 Å². The van der Waals surface area contributed by atoms with E-state index in [0.29, 0.717) is 17.8 Å². The van der Waals surface area contributed by atoms with Crippen LogP contribution < -0.4 is 0 Å². The maximum Gasteiger partial charge on any atom is 0.351 e. The number of rotatable bonds is 2. The Kier molecular flexibility index (Phi) is 3.63. The van der Waals surface area contributed by atoms with E-state index in [-0.39, 0.29) is 0 Å². The SMILES string of the molecule is CC1(C(=O)O)CC(C2CCC(C(C)(C)C)CC2)=NO1. The largest absolute Gasteiger partial charge is 0.478 e. The van der Waals surface area contributed by atoms with Gasteiger partial charge in [-0.25, -0.2) is 4.79 Å². The van der Waals surface area contributed by atoms with Gasteiger partial charge in [-0.3, -0.25) is 0 Å². The van der Waals surface area contributed by atoms with E-state index < -0.39 is 11.6 Å². The monoisotopic (exact) mass is 267 g/mol. The van der Waals surface area contributed by atoms with E-state index >= 15 is 0 Å². The first-order chi connectivity index (χ1) is 8.72. The molecule has 0 aromatic heterocycles. The summed E-state index contributed by atoms with van der Waals surface area (Å²) in [6.45, 7) is 8.51. The van der Waals surface area contributed by atoms with Crippen molar-refractivity contribution in [1.82, 2.24) is 0 Å². The maximum atomic E-state index is 11.1. The fourth-order valence-electron chi connectivity index (χ4n) is 3.20. The van der Waals surface area contributed by atoms with Crippen LogP contribution in [0.25, 0.3) is 0 Å². The van der Waals surface area contributed by atoms with Crippen LogP contribution in [0.4, 0.5) is 0 Å². The second-order valence-corrected chi connectivity index (χ2v) is 7.30. The van der Waals surface area contributed by atoms with Gasteiger partial charge >= 0.3 is 5.97 Å². The molecule has 1 atom stereocenters. The molecule has 0 bridgehead atoms. The van der Waals surface area contributed by atoms with Crippen molar-refractivity contribution in [3.8, 4) is 0 Å². The van der Waals surface area contributed by atoms with E-state index in [1.807, 2.05) is 0 Å². The molecule has 1 heterocycles. The van der Waals surface area contributed by atoms with Crippen LogP contribution >= 0.6 is 0 Å². The number of oxime groups is 1. The summed E-state index contributed by atoms with van der Waals surface area (Å²) < 4.78 is 0. The lowest BCUT2D eigenvalue weighted by Gasteiger charge is -2.36. The zero-order valence-electron chi connectivity index (χ0n) is 12.4. The first-order valence-electron chi connectivity index (χ1n) is 7.21. The molecule has 4 heteroatoms. The van der Waals surface area contributed by atoms with E-state index in [9.17, 15) is 4.79 Å². The summed E-state index contributed by atoms with van der Waals surface area (Å²) in [6.07, 6.45) is 5.07. The highest BCUT2D eigenvalue weighted by Crippen LogP contribution is 2.42. The number of hydrogen-bond acceptors (Lipinski definition) is 3. The fraction of sp³-hybridized carbons (Fsp3) is 0.867. The lowest BCUT2D eigenvalue weighted by Crippen LogP contribution is -2.36. The maximum absolute atomic E-state index is 11.1. The van der Waals surface area contributed by atoms with Crippen LogP contribution in [0.15, 0.2) is 5.16 Å². The highest BCUT2D eigenvalue weighted by atomic mass is 16.7. The molecule has 108 valence electrons. The topological polar surface area (TPSA) is 58.9 Å².